The number of rotatable bonds is 5. The zero-order chi connectivity index (χ0) is 21.0. The van der Waals surface area contributed by atoms with Gasteiger partial charge in [-0.05, 0) is 75.6 Å². The largest absolute Gasteiger partial charge is 0.484 e. The molecule has 2 amide bonds. The minimum Gasteiger partial charge on any atom is -0.484 e. The van der Waals surface area contributed by atoms with Crippen LogP contribution in [0.15, 0.2) is 42.5 Å². The van der Waals surface area contributed by atoms with E-state index in [0.29, 0.717) is 17.0 Å². The van der Waals surface area contributed by atoms with Gasteiger partial charge in [0.25, 0.3) is 11.8 Å². The van der Waals surface area contributed by atoms with Gasteiger partial charge in [-0.25, -0.2) is 4.39 Å². The summed E-state index contributed by atoms with van der Waals surface area (Å²) in [7, 11) is 0. The number of carbonyl (C=O) groups is 2. The molecule has 0 saturated carbocycles. The first-order valence-corrected chi connectivity index (χ1v) is 10.0. The number of likely N-dealkylation sites (tertiary alicyclic amines) is 1. The van der Waals surface area contributed by atoms with Crippen LogP contribution in [-0.2, 0) is 4.79 Å². The Bertz CT molecular complexity index is 878. The number of carbonyl (C=O) groups excluding carboxylic acids is 2. The summed E-state index contributed by atoms with van der Waals surface area (Å²) in [5, 5.41) is 2.76. The molecule has 0 bridgehead atoms. The Morgan fingerprint density at radius 1 is 1.14 bits per heavy atom. The monoisotopic (exact) mass is 418 g/mol. The van der Waals surface area contributed by atoms with Gasteiger partial charge in [-0.1, -0.05) is 11.6 Å². The average molecular weight is 419 g/mol. The standard InChI is InChI=1S/C22H24ClFN2O3/c1-14-4-3-5-15(2)26(14)21(27)13-29-18-9-6-16(7-10-18)22(28)25-20-11-8-17(24)12-19(20)23/h6-12,14-15H,3-5,13H2,1-2H3,(H,25,28). The van der Waals surface area contributed by atoms with Crippen LogP contribution in [0.4, 0.5) is 10.1 Å². The molecule has 0 aromatic heterocycles. The summed E-state index contributed by atoms with van der Waals surface area (Å²) in [6.45, 7) is 4.09. The quantitative estimate of drug-likeness (QED) is 0.751. The van der Waals surface area contributed by atoms with Gasteiger partial charge in [0.15, 0.2) is 6.61 Å². The Morgan fingerprint density at radius 2 is 1.79 bits per heavy atom. The lowest BCUT2D eigenvalue weighted by atomic mass is 9.97. The van der Waals surface area contributed by atoms with Crippen LogP contribution in [0.2, 0.25) is 5.02 Å². The van der Waals surface area contributed by atoms with Crippen LogP contribution in [-0.4, -0.2) is 35.4 Å². The second kappa shape index (κ2) is 9.27. The average Bonchev–Trinajstić information content (AvgIpc) is 2.68. The van der Waals surface area contributed by atoms with E-state index in [1.165, 1.54) is 12.1 Å². The van der Waals surface area contributed by atoms with Gasteiger partial charge in [-0.2, -0.15) is 0 Å². The SMILES string of the molecule is CC1CCCC(C)N1C(=O)COc1ccc(C(=O)Nc2ccc(F)cc2Cl)cc1. The zero-order valence-corrected chi connectivity index (χ0v) is 17.2. The number of nitrogens with zero attached hydrogens (tertiary/aromatic N) is 1. The molecule has 0 spiro atoms. The van der Waals surface area contributed by atoms with Crippen molar-refractivity contribution in [3.8, 4) is 5.75 Å². The number of benzene rings is 2. The predicted octanol–water partition coefficient (Wildman–Crippen LogP) is 4.90. The molecule has 7 heteroatoms. The molecule has 154 valence electrons. The maximum absolute atomic E-state index is 13.1. The van der Waals surface area contributed by atoms with Crippen molar-refractivity contribution in [2.75, 3.05) is 11.9 Å². The summed E-state index contributed by atoms with van der Waals surface area (Å²) in [6, 6.07) is 10.7. The lowest BCUT2D eigenvalue weighted by Gasteiger charge is -2.38. The molecule has 5 nitrogen and oxygen atoms in total. The minimum atomic E-state index is -0.475. The third-order valence-electron chi connectivity index (χ3n) is 5.14. The van der Waals surface area contributed by atoms with Crippen molar-refractivity contribution >= 4 is 29.1 Å². The normalized spacial score (nSPS) is 19.0. The molecule has 1 aliphatic heterocycles. The second-order valence-corrected chi connectivity index (χ2v) is 7.73. The van der Waals surface area contributed by atoms with Gasteiger partial charge in [-0.3, -0.25) is 9.59 Å². The number of hydrogen-bond donors (Lipinski definition) is 1. The van der Waals surface area contributed by atoms with Crippen LogP contribution in [0, 0.1) is 5.82 Å². The highest BCUT2D eigenvalue weighted by Crippen LogP contribution is 2.24. The molecule has 1 aliphatic rings. The fourth-order valence-electron chi connectivity index (χ4n) is 3.62. The van der Waals surface area contributed by atoms with E-state index in [9.17, 15) is 14.0 Å². The maximum Gasteiger partial charge on any atom is 0.260 e. The summed E-state index contributed by atoms with van der Waals surface area (Å²) in [4.78, 5) is 26.8. The Hall–Kier alpha value is -2.60. The molecule has 3 rings (SSSR count). The molecule has 2 aromatic carbocycles. The number of amides is 2. The first kappa shape index (κ1) is 21.1. The lowest BCUT2D eigenvalue weighted by molar-refractivity contribution is -0.139. The molecule has 2 atom stereocenters. The van der Waals surface area contributed by atoms with E-state index in [1.807, 2.05) is 4.90 Å². The van der Waals surface area contributed by atoms with E-state index in [1.54, 1.807) is 24.3 Å². The molecule has 2 aromatic rings. The molecule has 29 heavy (non-hydrogen) atoms. The Labute approximate surface area is 174 Å². The van der Waals surface area contributed by atoms with Crippen LogP contribution >= 0.6 is 11.6 Å². The number of anilines is 1. The van der Waals surface area contributed by atoms with Crippen molar-refractivity contribution < 1.29 is 18.7 Å². The number of ether oxygens (including phenoxy) is 1. The molecule has 1 fully saturated rings. The van der Waals surface area contributed by atoms with Crippen molar-refractivity contribution in [3.63, 3.8) is 0 Å². The van der Waals surface area contributed by atoms with Gasteiger partial charge in [0.1, 0.15) is 11.6 Å². The van der Waals surface area contributed by atoms with Crippen LogP contribution < -0.4 is 10.1 Å². The molecule has 0 aliphatic carbocycles. The Kier molecular flexibility index (Phi) is 6.75. The van der Waals surface area contributed by atoms with Crippen molar-refractivity contribution in [2.24, 2.45) is 0 Å². The lowest BCUT2D eigenvalue weighted by Crippen LogP contribution is -2.49. The van der Waals surface area contributed by atoms with E-state index in [0.717, 1.165) is 25.3 Å². The van der Waals surface area contributed by atoms with Crippen LogP contribution in [0.3, 0.4) is 0 Å². The Morgan fingerprint density at radius 3 is 2.41 bits per heavy atom. The molecule has 2 unspecified atom stereocenters. The van der Waals surface area contributed by atoms with Crippen molar-refractivity contribution in [1.29, 1.82) is 0 Å². The number of halogens is 2. The third-order valence-corrected chi connectivity index (χ3v) is 5.45. The van der Waals surface area contributed by atoms with Gasteiger partial charge in [0, 0.05) is 17.6 Å². The summed E-state index contributed by atoms with van der Waals surface area (Å²) in [5.74, 6) is -0.376. The van der Waals surface area contributed by atoms with Gasteiger partial charge in [-0.15, -0.1) is 0 Å². The fourth-order valence-corrected chi connectivity index (χ4v) is 3.83. The summed E-state index contributed by atoms with van der Waals surface area (Å²) >= 11 is 5.93. The second-order valence-electron chi connectivity index (χ2n) is 7.32. The molecule has 1 heterocycles. The molecular formula is C22H24ClFN2O3. The van der Waals surface area contributed by atoms with Gasteiger partial charge >= 0.3 is 0 Å². The minimum absolute atomic E-state index is 0.0301. The molecular weight excluding hydrogens is 395 g/mol. The maximum atomic E-state index is 13.1. The van der Waals surface area contributed by atoms with E-state index in [4.69, 9.17) is 16.3 Å². The van der Waals surface area contributed by atoms with Gasteiger partial charge in [0.05, 0.1) is 10.7 Å². The zero-order valence-electron chi connectivity index (χ0n) is 16.5. The number of piperidine rings is 1. The van der Waals surface area contributed by atoms with Crippen LogP contribution in [0.25, 0.3) is 0 Å². The van der Waals surface area contributed by atoms with E-state index in [2.05, 4.69) is 19.2 Å². The first-order chi connectivity index (χ1) is 13.8. The topological polar surface area (TPSA) is 58.6 Å². The Balaban J connectivity index is 1.57. The smallest absolute Gasteiger partial charge is 0.260 e. The van der Waals surface area contributed by atoms with Crippen LogP contribution in [0.5, 0.6) is 5.75 Å². The highest BCUT2D eigenvalue weighted by Gasteiger charge is 2.28. The molecule has 1 N–H and O–H groups in total. The van der Waals surface area contributed by atoms with E-state index < -0.39 is 5.82 Å². The van der Waals surface area contributed by atoms with Gasteiger partial charge < -0.3 is 15.0 Å². The van der Waals surface area contributed by atoms with E-state index in [-0.39, 0.29) is 35.5 Å². The van der Waals surface area contributed by atoms with Crippen molar-refractivity contribution in [2.45, 2.75) is 45.2 Å². The molecule has 0 radical (unpaired) electrons. The third kappa shape index (κ3) is 5.26. The summed E-state index contributed by atoms with van der Waals surface area (Å²) < 4.78 is 18.7. The summed E-state index contributed by atoms with van der Waals surface area (Å²) in [6.07, 6.45) is 3.16. The number of hydrogen-bond acceptors (Lipinski definition) is 3. The highest BCUT2D eigenvalue weighted by atomic mass is 35.5. The number of nitrogens with one attached hydrogen (secondary N) is 1. The van der Waals surface area contributed by atoms with Crippen LogP contribution in [0.1, 0.15) is 43.5 Å². The van der Waals surface area contributed by atoms with Crippen molar-refractivity contribution in [3.05, 3.63) is 58.9 Å². The molecule has 1 saturated heterocycles. The summed E-state index contributed by atoms with van der Waals surface area (Å²) in [5.41, 5.74) is 0.719. The fraction of sp³-hybridized carbons (Fsp3) is 0.364. The predicted molar refractivity (Wildman–Crippen MR) is 111 cm³/mol. The van der Waals surface area contributed by atoms with E-state index >= 15 is 0 Å². The van der Waals surface area contributed by atoms with Gasteiger partial charge in [0.2, 0.25) is 0 Å². The first-order valence-electron chi connectivity index (χ1n) is 9.65. The van der Waals surface area contributed by atoms with Crippen molar-refractivity contribution in [1.82, 2.24) is 4.90 Å². The highest BCUT2D eigenvalue weighted by molar-refractivity contribution is 6.33.